The Labute approximate surface area is 115 Å². The molecule has 1 unspecified atom stereocenters. The van der Waals surface area contributed by atoms with Crippen LogP contribution in [-0.2, 0) is 6.42 Å². The Kier molecular flexibility index (Phi) is 4.24. The molecule has 1 fully saturated rings. The average molecular weight is 261 g/mol. The van der Waals surface area contributed by atoms with Crippen LogP contribution in [0.15, 0.2) is 4.52 Å². The zero-order chi connectivity index (χ0) is 13.9. The molecule has 1 saturated carbocycles. The lowest BCUT2D eigenvalue weighted by molar-refractivity contribution is 0.218. The lowest BCUT2D eigenvalue weighted by atomic mass is 9.73. The lowest BCUT2D eigenvalue weighted by Gasteiger charge is -2.32. The molecule has 1 aromatic heterocycles. The minimum atomic E-state index is 0.281. The molecule has 0 spiro atoms. The van der Waals surface area contributed by atoms with Gasteiger partial charge in [0.05, 0.1) is 6.07 Å². The van der Waals surface area contributed by atoms with Crippen molar-refractivity contribution in [3.05, 3.63) is 11.7 Å². The second kappa shape index (κ2) is 5.73. The van der Waals surface area contributed by atoms with Gasteiger partial charge in [-0.15, -0.1) is 0 Å². The first-order valence-electron chi connectivity index (χ1n) is 7.19. The number of nitriles is 1. The summed E-state index contributed by atoms with van der Waals surface area (Å²) in [4.78, 5) is 4.52. The minimum Gasteiger partial charge on any atom is -0.339 e. The zero-order valence-corrected chi connectivity index (χ0v) is 12.1. The Balaban J connectivity index is 1.93. The van der Waals surface area contributed by atoms with Gasteiger partial charge in [-0.25, -0.2) is 0 Å². The van der Waals surface area contributed by atoms with Gasteiger partial charge in [0.25, 0.3) is 0 Å². The predicted molar refractivity (Wildman–Crippen MR) is 72.4 cm³/mol. The lowest BCUT2D eigenvalue weighted by Crippen LogP contribution is -2.20. The number of hydrogen-bond acceptors (Lipinski definition) is 4. The van der Waals surface area contributed by atoms with Crippen LogP contribution in [-0.4, -0.2) is 10.1 Å². The van der Waals surface area contributed by atoms with Crippen LogP contribution in [0.3, 0.4) is 0 Å². The summed E-state index contributed by atoms with van der Waals surface area (Å²) >= 11 is 0. The number of rotatable bonds is 4. The summed E-state index contributed by atoms with van der Waals surface area (Å²) in [7, 11) is 0. The van der Waals surface area contributed by atoms with Gasteiger partial charge < -0.3 is 4.52 Å². The molecule has 1 aliphatic carbocycles. The van der Waals surface area contributed by atoms with Gasteiger partial charge >= 0.3 is 0 Å². The Hall–Kier alpha value is -1.37. The Morgan fingerprint density at radius 1 is 1.42 bits per heavy atom. The van der Waals surface area contributed by atoms with Crippen molar-refractivity contribution in [1.29, 1.82) is 5.26 Å². The van der Waals surface area contributed by atoms with E-state index in [9.17, 15) is 0 Å². The minimum absolute atomic E-state index is 0.281. The van der Waals surface area contributed by atoms with E-state index in [1.54, 1.807) is 0 Å². The van der Waals surface area contributed by atoms with E-state index in [0.717, 1.165) is 18.7 Å². The van der Waals surface area contributed by atoms with Gasteiger partial charge in [0.15, 0.2) is 5.82 Å². The maximum Gasteiger partial charge on any atom is 0.226 e. The van der Waals surface area contributed by atoms with E-state index in [-0.39, 0.29) is 5.92 Å². The second-order valence-electron chi connectivity index (χ2n) is 6.66. The van der Waals surface area contributed by atoms with Gasteiger partial charge in [0.1, 0.15) is 0 Å². The number of hydrogen-bond donors (Lipinski definition) is 0. The molecule has 0 aliphatic heterocycles. The predicted octanol–water partition coefficient (Wildman–Crippen LogP) is 3.85. The molecule has 19 heavy (non-hydrogen) atoms. The topological polar surface area (TPSA) is 62.7 Å². The molecule has 0 N–H and O–H groups in total. The largest absolute Gasteiger partial charge is 0.339 e. The highest BCUT2D eigenvalue weighted by atomic mass is 16.5. The molecule has 0 amide bonds. The SMILES string of the molecule is CC(CC#N)Cc1nc(C2CCC(C)(C)CC2)no1. The van der Waals surface area contributed by atoms with Gasteiger partial charge in [-0.3, -0.25) is 0 Å². The molecule has 0 radical (unpaired) electrons. The standard InChI is InChI=1S/C15H23N3O/c1-11(6-9-16)10-13-17-14(18-19-13)12-4-7-15(2,3)8-5-12/h11-12H,4-8,10H2,1-3H3. The third kappa shape index (κ3) is 3.79. The Morgan fingerprint density at radius 2 is 2.11 bits per heavy atom. The maximum absolute atomic E-state index is 8.66. The van der Waals surface area contributed by atoms with Crippen molar-refractivity contribution in [2.45, 2.75) is 65.2 Å². The van der Waals surface area contributed by atoms with E-state index in [2.05, 4.69) is 30.1 Å². The first-order chi connectivity index (χ1) is 9.00. The van der Waals surface area contributed by atoms with Crippen molar-refractivity contribution in [2.75, 3.05) is 0 Å². The summed E-state index contributed by atoms with van der Waals surface area (Å²) in [6.45, 7) is 6.69. The summed E-state index contributed by atoms with van der Waals surface area (Å²) in [6, 6.07) is 2.18. The summed E-state index contributed by atoms with van der Waals surface area (Å²) in [5.41, 5.74) is 0.463. The Morgan fingerprint density at radius 3 is 2.74 bits per heavy atom. The fraction of sp³-hybridized carbons (Fsp3) is 0.800. The van der Waals surface area contributed by atoms with E-state index in [1.165, 1.54) is 12.8 Å². The Bertz CT molecular complexity index is 448. The summed E-state index contributed by atoms with van der Waals surface area (Å²) in [5.74, 6) is 2.29. The van der Waals surface area contributed by atoms with Crippen LogP contribution >= 0.6 is 0 Å². The van der Waals surface area contributed by atoms with Crippen LogP contribution in [0.4, 0.5) is 0 Å². The van der Waals surface area contributed by atoms with Crippen molar-refractivity contribution in [2.24, 2.45) is 11.3 Å². The van der Waals surface area contributed by atoms with Gasteiger partial charge in [0.2, 0.25) is 5.89 Å². The molecule has 104 valence electrons. The summed E-state index contributed by atoms with van der Waals surface area (Å²) in [6.07, 6.45) is 6.01. The average Bonchev–Trinajstić information content (AvgIpc) is 2.77. The van der Waals surface area contributed by atoms with Crippen LogP contribution in [0, 0.1) is 22.7 Å². The molecule has 4 nitrogen and oxygen atoms in total. The molecule has 1 atom stereocenters. The van der Waals surface area contributed by atoms with Crippen LogP contribution in [0.1, 0.15) is 70.5 Å². The smallest absolute Gasteiger partial charge is 0.226 e. The molecule has 0 aromatic carbocycles. The van der Waals surface area contributed by atoms with Gasteiger partial charge in [-0.1, -0.05) is 25.9 Å². The molecule has 1 heterocycles. The normalized spacial score (nSPS) is 20.9. The zero-order valence-electron chi connectivity index (χ0n) is 12.1. The quantitative estimate of drug-likeness (QED) is 0.826. The van der Waals surface area contributed by atoms with E-state index < -0.39 is 0 Å². The van der Waals surface area contributed by atoms with E-state index in [0.29, 0.717) is 30.1 Å². The van der Waals surface area contributed by atoms with E-state index in [4.69, 9.17) is 9.78 Å². The van der Waals surface area contributed by atoms with Gasteiger partial charge in [-0.05, 0) is 37.0 Å². The second-order valence-corrected chi connectivity index (χ2v) is 6.66. The molecule has 0 saturated heterocycles. The van der Waals surface area contributed by atoms with Crippen molar-refractivity contribution < 1.29 is 4.52 Å². The van der Waals surface area contributed by atoms with Gasteiger partial charge in [-0.2, -0.15) is 10.2 Å². The highest BCUT2D eigenvalue weighted by Crippen LogP contribution is 2.41. The highest BCUT2D eigenvalue weighted by molar-refractivity contribution is 4.99. The fourth-order valence-electron chi connectivity index (χ4n) is 2.70. The summed E-state index contributed by atoms with van der Waals surface area (Å²) in [5, 5.41) is 12.8. The van der Waals surface area contributed by atoms with Crippen LogP contribution in [0.5, 0.6) is 0 Å². The number of nitrogens with zero attached hydrogens (tertiary/aromatic N) is 3. The first kappa shape index (κ1) is 14.0. The third-order valence-corrected chi connectivity index (χ3v) is 4.15. The van der Waals surface area contributed by atoms with Crippen molar-refractivity contribution in [3.8, 4) is 6.07 Å². The van der Waals surface area contributed by atoms with Crippen molar-refractivity contribution in [3.63, 3.8) is 0 Å². The molecular weight excluding hydrogens is 238 g/mol. The summed E-state index contributed by atoms with van der Waals surface area (Å²) < 4.78 is 5.32. The van der Waals surface area contributed by atoms with Crippen LogP contribution in [0.2, 0.25) is 0 Å². The van der Waals surface area contributed by atoms with Crippen molar-refractivity contribution >= 4 is 0 Å². The molecule has 1 aliphatic rings. The first-order valence-corrected chi connectivity index (χ1v) is 7.19. The van der Waals surface area contributed by atoms with Crippen LogP contribution in [0.25, 0.3) is 0 Å². The molecule has 1 aromatic rings. The van der Waals surface area contributed by atoms with Gasteiger partial charge in [0, 0.05) is 18.8 Å². The number of aromatic nitrogens is 2. The van der Waals surface area contributed by atoms with E-state index >= 15 is 0 Å². The molecule has 2 rings (SSSR count). The monoisotopic (exact) mass is 261 g/mol. The maximum atomic E-state index is 8.66. The highest BCUT2D eigenvalue weighted by Gasteiger charge is 2.30. The van der Waals surface area contributed by atoms with E-state index in [1.807, 2.05) is 6.92 Å². The third-order valence-electron chi connectivity index (χ3n) is 4.15. The molecule has 0 bridgehead atoms. The molecular formula is C15H23N3O. The fourth-order valence-corrected chi connectivity index (χ4v) is 2.70. The van der Waals surface area contributed by atoms with Crippen LogP contribution < -0.4 is 0 Å². The molecule has 4 heteroatoms. The van der Waals surface area contributed by atoms with Crippen molar-refractivity contribution in [1.82, 2.24) is 10.1 Å².